The van der Waals surface area contributed by atoms with E-state index in [-0.39, 0.29) is 11.9 Å². The van der Waals surface area contributed by atoms with Crippen molar-refractivity contribution in [1.29, 1.82) is 0 Å². The molecule has 1 aromatic heterocycles. The van der Waals surface area contributed by atoms with E-state index in [9.17, 15) is 4.79 Å². The van der Waals surface area contributed by atoms with Crippen LogP contribution in [0.25, 0.3) is 0 Å². The maximum atomic E-state index is 11.9. The molecule has 26 heavy (non-hydrogen) atoms. The predicted octanol–water partition coefficient (Wildman–Crippen LogP) is 2.33. The number of rotatable bonds is 5. The SMILES string of the molecule is CCOC(=O)C1CCC(Cc2cnc(N3C4CCC3CNC4)nc2)CC1. The molecule has 2 saturated heterocycles. The van der Waals surface area contributed by atoms with Crippen LogP contribution in [0.5, 0.6) is 0 Å². The Morgan fingerprint density at radius 1 is 1.12 bits per heavy atom. The van der Waals surface area contributed by atoms with Gasteiger partial charge < -0.3 is 15.0 Å². The molecule has 2 bridgehead atoms. The van der Waals surface area contributed by atoms with Gasteiger partial charge in [-0.15, -0.1) is 0 Å². The third-order valence-electron chi connectivity index (χ3n) is 6.29. The van der Waals surface area contributed by atoms with Gasteiger partial charge in [0, 0.05) is 37.6 Å². The van der Waals surface area contributed by atoms with Crippen LogP contribution in [0.3, 0.4) is 0 Å². The van der Waals surface area contributed by atoms with E-state index in [1.54, 1.807) is 0 Å². The molecule has 1 N–H and O–H groups in total. The second-order valence-corrected chi connectivity index (χ2v) is 8.02. The lowest BCUT2D eigenvalue weighted by molar-refractivity contribution is -0.149. The van der Waals surface area contributed by atoms with E-state index in [0.717, 1.165) is 51.1 Å². The molecule has 142 valence electrons. The highest BCUT2D eigenvalue weighted by Gasteiger charge is 2.37. The summed E-state index contributed by atoms with van der Waals surface area (Å²) in [6.45, 7) is 4.45. The Morgan fingerprint density at radius 2 is 1.77 bits per heavy atom. The lowest BCUT2D eigenvalue weighted by Gasteiger charge is -2.35. The fourth-order valence-electron chi connectivity index (χ4n) is 4.89. The highest BCUT2D eigenvalue weighted by molar-refractivity contribution is 5.72. The van der Waals surface area contributed by atoms with Crippen LogP contribution in [0.4, 0.5) is 5.95 Å². The summed E-state index contributed by atoms with van der Waals surface area (Å²) >= 11 is 0. The average molecular weight is 358 g/mol. The molecule has 3 fully saturated rings. The number of ether oxygens (including phenoxy) is 1. The zero-order valence-electron chi connectivity index (χ0n) is 15.7. The summed E-state index contributed by atoms with van der Waals surface area (Å²) in [5, 5.41) is 3.50. The van der Waals surface area contributed by atoms with Crippen LogP contribution in [0.1, 0.15) is 51.0 Å². The summed E-state index contributed by atoms with van der Waals surface area (Å²) < 4.78 is 5.16. The summed E-state index contributed by atoms with van der Waals surface area (Å²) in [7, 11) is 0. The number of piperazine rings is 1. The molecule has 1 aliphatic carbocycles. The Labute approximate surface area is 155 Å². The molecule has 0 amide bonds. The van der Waals surface area contributed by atoms with Crippen LogP contribution in [-0.2, 0) is 16.0 Å². The van der Waals surface area contributed by atoms with Crippen LogP contribution < -0.4 is 10.2 Å². The van der Waals surface area contributed by atoms with Crippen LogP contribution in [-0.4, -0.2) is 47.7 Å². The van der Waals surface area contributed by atoms with Crippen molar-refractivity contribution in [3.63, 3.8) is 0 Å². The van der Waals surface area contributed by atoms with Crippen LogP contribution in [0.2, 0.25) is 0 Å². The van der Waals surface area contributed by atoms with Gasteiger partial charge >= 0.3 is 5.97 Å². The number of carbonyl (C=O) groups excluding carboxylic acids is 1. The van der Waals surface area contributed by atoms with Crippen molar-refractivity contribution in [2.24, 2.45) is 11.8 Å². The lowest BCUT2D eigenvalue weighted by Crippen LogP contribution is -2.52. The lowest BCUT2D eigenvalue weighted by atomic mass is 9.79. The first-order chi connectivity index (χ1) is 12.7. The molecule has 6 nitrogen and oxygen atoms in total. The Bertz CT molecular complexity index is 597. The van der Waals surface area contributed by atoms with Crippen LogP contribution in [0.15, 0.2) is 12.4 Å². The maximum Gasteiger partial charge on any atom is 0.308 e. The molecule has 4 rings (SSSR count). The topological polar surface area (TPSA) is 67.3 Å². The van der Waals surface area contributed by atoms with Crippen LogP contribution >= 0.6 is 0 Å². The molecule has 0 radical (unpaired) electrons. The molecular formula is C20H30N4O2. The van der Waals surface area contributed by atoms with E-state index in [4.69, 9.17) is 4.74 Å². The molecule has 0 aromatic carbocycles. The minimum absolute atomic E-state index is 0.00992. The molecule has 3 heterocycles. The number of nitrogens with one attached hydrogen (secondary N) is 1. The Hall–Kier alpha value is -1.69. The summed E-state index contributed by atoms with van der Waals surface area (Å²) in [6.07, 6.45) is 11.6. The highest BCUT2D eigenvalue weighted by atomic mass is 16.5. The molecule has 2 aliphatic heterocycles. The third kappa shape index (κ3) is 3.70. The zero-order valence-corrected chi connectivity index (χ0v) is 15.7. The standard InChI is InChI=1S/C20H30N4O2/c1-2-26-19(25)16-5-3-14(4-6-16)9-15-10-22-20(23-11-15)24-17-7-8-18(24)13-21-12-17/h10-11,14,16-18,21H,2-9,12-13H2,1H3. The predicted molar refractivity (Wildman–Crippen MR) is 100.0 cm³/mol. The van der Waals surface area contributed by atoms with E-state index < -0.39 is 0 Å². The van der Waals surface area contributed by atoms with Crippen molar-refractivity contribution in [1.82, 2.24) is 15.3 Å². The molecule has 1 saturated carbocycles. The molecule has 0 spiro atoms. The number of hydrogen-bond acceptors (Lipinski definition) is 6. The molecular weight excluding hydrogens is 328 g/mol. The first-order valence-corrected chi connectivity index (χ1v) is 10.2. The third-order valence-corrected chi connectivity index (χ3v) is 6.29. The Kier molecular flexibility index (Phi) is 5.38. The molecule has 6 heteroatoms. The van der Waals surface area contributed by atoms with E-state index in [2.05, 4.69) is 20.2 Å². The molecule has 2 unspecified atom stereocenters. The van der Waals surface area contributed by atoms with Crippen molar-refractivity contribution in [2.45, 2.75) is 64.0 Å². The van der Waals surface area contributed by atoms with E-state index in [1.807, 2.05) is 19.3 Å². The van der Waals surface area contributed by atoms with E-state index in [0.29, 0.717) is 24.6 Å². The highest BCUT2D eigenvalue weighted by Crippen LogP contribution is 2.33. The van der Waals surface area contributed by atoms with Crippen LogP contribution in [0, 0.1) is 11.8 Å². The largest absolute Gasteiger partial charge is 0.466 e. The van der Waals surface area contributed by atoms with Gasteiger partial charge in [-0.2, -0.15) is 0 Å². The normalized spacial score (nSPS) is 31.0. The fourth-order valence-corrected chi connectivity index (χ4v) is 4.89. The number of fused-ring (bicyclic) bond motifs is 2. The van der Waals surface area contributed by atoms with E-state index >= 15 is 0 Å². The van der Waals surface area contributed by atoms with Crippen molar-refractivity contribution in [3.8, 4) is 0 Å². The van der Waals surface area contributed by atoms with Crippen molar-refractivity contribution in [3.05, 3.63) is 18.0 Å². The van der Waals surface area contributed by atoms with Gasteiger partial charge in [-0.3, -0.25) is 4.79 Å². The summed E-state index contributed by atoms with van der Waals surface area (Å²) in [6, 6.07) is 1.11. The molecule has 3 aliphatic rings. The number of anilines is 1. The van der Waals surface area contributed by atoms with Crippen molar-refractivity contribution in [2.75, 3.05) is 24.6 Å². The van der Waals surface area contributed by atoms with Gasteiger partial charge in [0.05, 0.1) is 12.5 Å². The maximum absolute atomic E-state index is 11.9. The first kappa shape index (κ1) is 17.7. The van der Waals surface area contributed by atoms with Crippen molar-refractivity contribution < 1.29 is 9.53 Å². The molecule has 2 atom stereocenters. The monoisotopic (exact) mass is 358 g/mol. The second kappa shape index (κ2) is 7.91. The average Bonchev–Trinajstić information content (AvgIpc) is 2.91. The van der Waals surface area contributed by atoms with Crippen molar-refractivity contribution >= 4 is 11.9 Å². The number of esters is 1. The van der Waals surface area contributed by atoms with Gasteiger partial charge in [-0.05, 0) is 63.4 Å². The summed E-state index contributed by atoms with van der Waals surface area (Å²) in [4.78, 5) is 23.7. The first-order valence-electron chi connectivity index (χ1n) is 10.2. The van der Waals surface area contributed by atoms with Gasteiger partial charge in [0.1, 0.15) is 0 Å². The van der Waals surface area contributed by atoms with Gasteiger partial charge in [0.2, 0.25) is 5.95 Å². The second-order valence-electron chi connectivity index (χ2n) is 8.02. The minimum Gasteiger partial charge on any atom is -0.466 e. The number of hydrogen-bond donors (Lipinski definition) is 1. The Morgan fingerprint density at radius 3 is 2.38 bits per heavy atom. The fraction of sp³-hybridized carbons (Fsp3) is 0.750. The van der Waals surface area contributed by atoms with E-state index in [1.165, 1.54) is 18.4 Å². The molecule has 1 aromatic rings. The minimum atomic E-state index is -0.00992. The quantitative estimate of drug-likeness (QED) is 0.815. The van der Waals surface area contributed by atoms with Gasteiger partial charge in [-0.1, -0.05) is 0 Å². The summed E-state index contributed by atoms with van der Waals surface area (Å²) in [5.41, 5.74) is 1.22. The number of nitrogens with zero attached hydrogens (tertiary/aromatic N) is 3. The Balaban J connectivity index is 1.31. The van der Waals surface area contributed by atoms with Gasteiger partial charge in [0.25, 0.3) is 0 Å². The van der Waals surface area contributed by atoms with Gasteiger partial charge in [0.15, 0.2) is 0 Å². The number of carbonyl (C=O) groups is 1. The zero-order chi connectivity index (χ0) is 17.9. The number of aromatic nitrogens is 2. The summed E-state index contributed by atoms with van der Waals surface area (Å²) in [5.74, 6) is 1.62. The van der Waals surface area contributed by atoms with Gasteiger partial charge in [-0.25, -0.2) is 9.97 Å². The smallest absolute Gasteiger partial charge is 0.308 e.